The molecule has 0 aromatic carbocycles. The van der Waals surface area contributed by atoms with E-state index in [4.69, 9.17) is 0 Å². The molecule has 1 unspecified atom stereocenters. The maximum Gasteiger partial charge on any atom is 0.403 e. The van der Waals surface area contributed by atoms with Crippen LogP contribution < -0.4 is 0 Å². The largest absolute Gasteiger partial charge is 0.461 e. The number of β-amino-alcohol motifs (C(OH)–C–C–N with tert-alkyl or cyclic N) is 1. The van der Waals surface area contributed by atoms with Crippen molar-refractivity contribution in [1.82, 2.24) is 4.90 Å². The fraction of sp³-hybridized carbons (Fsp3) is 0.846. The average Bonchev–Trinajstić information content (AvgIpc) is 3.16. The predicted octanol–water partition coefficient (Wildman–Crippen LogP) is 1.49. The molecule has 5 nitrogen and oxygen atoms in total. The molecule has 1 saturated heterocycles. The second kappa shape index (κ2) is 5.29. The molecule has 0 aromatic rings. The van der Waals surface area contributed by atoms with Crippen molar-refractivity contribution < 1.29 is 41.4 Å². The van der Waals surface area contributed by atoms with Crippen LogP contribution in [0.5, 0.6) is 0 Å². The highest BCUT2D eigenvalue weighted by molar-refractivity contribution is 5.87. The van der Waals surface area contributed by atoms with Gasteiger partial charge in [0.15, 0.2) is 5.60 Å². The molecule has 0 radical (unpaired) electrons. The van der Waals surface area contributed by atoms with Gasteiger partial charge >= 0.3 is 18.1 Å². The van der Waals surface area contributed by atoms with Crippen LogP contribution in [0, 0.1) is 5.41 Å². The van der Waals surface area contributed by atoms with Gasteiger partial charge in [-0.25, -0.2) is 4.79 Å². The Hall–Kier alpha value is -1.45. The lowest BCUT2D eigenvalue weighted by molar-refractivity contribution is -0.213. The molecule has 1 saturated carbocycles. The lowest BCUT2D eigenvalue weighted by Gasteiger charge is -2.31. The standard InChI is InChI=1S/C13H16F5NO4/c1-2-23-9(21)12(14,15)11(22)5-6-19(7-11)8(20)10(3-4-10)13(16,17)18/h22H,2-7H2,1H3. The molecule has 1 N–H and O–H groups in total. The van der Waals surface area contributed by atoms with Gasteiger partial charge in [0.05, 0.1) is 13.2 Å². The van der Waals surface area contributed by atoms with Crippen LogP contribution in [0.1, 0.15) is 26.2 Å². The van der Waals surface area contributed by atoms with Crippen molar-refractivity contribution in [3.8, 4) is 0 Å². The number of esters is 1. The second-order valence-corrected chi connectivity index (χ2v) is 5.88. The fourth-order valence-corrected chi connectivity index (χ4v) is 2.68. The van der Waals surface area contributed by atoms with Crippen molar-refractivity contribution in [3.63, 3.8) is 0 Å². The Kier molecular flexibility index (Phi) is 4.11. The monoisotopic (exact) mass is 345 g/mol. The molecule has 1 amide bonds. The molecule has 1 heterocycles. The summed E-state index contributed by atoms with van der Waals surface area (Å²) in [6.45, 7) is -0.579. The zero-order valence-corrected chi connectivity index (χ0v) is 12.3. The Morgan fingerprint density at radius 2 is 1.74 bits per heavy atom. The molecule has 10 heteroatoms. The Morgan fingerprint density at radius 1 is 1.17 bits per heavy atom. The predicted molar refractivity (Wildman–Crippen MR) is 65.4 cm³/mol. The highest BCUT2D eigenvalue weighted by atomic mass is 19.4. The van der Waals surface area contributed by atoms with Gasteiger partial charge in [-0.2, -0.15) is 22.0 Å². The molecule has 0 aromatic heterocycles. The number of halogens is 5. The Morgan fingerprint density at radius 3 is 2.17 bits per heavy atom. The van der Waals surface area contributed by atoms with Crippen LogP contribution in [0.25, 0.3) is 0 Å². The molecule has 0 spiro atoms. The van der Waals surface area contributed by atoms with Crippen LogP contribution in [0.15, 0.2) is 0 Å². The van der Waals surface area contributed by atoms with E-state index in [0.29, 0.717) is 4.90 Å². The van der Waals surface area contributed by atoms with Gasteiger partial charge in [-0.1, -0.05) is 0 Å². The van der Waals surface area contributed by atoms with Crippen molar-refractivity contribution in [3.05, 3.63) is 0 Å². The molecule has 1 atom stereocenters. The van der Waals surface area contributed by atoms with Crippen LogP contribution in [-0.2, 0) is 14.3 Å². The number of rotatable bonds is 4. The van der Waals surface area contributed by atoms with Crippen molar-refractivity contribution in [1.29, 1.82) is 0 Å². The number of ether oxygens (including phenoxy) is 1. The summed E-state index contributed by atoms with van der Waals surface area (Å²) < 4.78 is 70.9. The summed E-state index contributed by atoms with van der Waals surface area (Å²) >= 11 is 0. The Labute approximate surface area is 128 Å². The SMILES string of the molecule is CCOC(=O)C(F)(F)C1(O)CCN(C(=O)C2(C(F)(F)F)CC2)C1. The van der Waals surface area contributed by atoms with Crippen LogP contribution in [0.4, 0.5) is 22.0 Å². The minimum Gasteiger partial charge on any atom is -0.461 e. The molecule has 132 valence electrons. The summed E-state index contributed by atoms with van der Waals surface area (Å²) in [6.07, 6.45) is -6.29. The third kappa shape index (κ3) is 2.66. The molecule has 1 aliphatic carbocycles. The number of amides is 1. The second-order valence-electron chi connectivity index (χ2n) is 5.88. The van der Waals surface area contributed by atoms with Crippen molar-refractivity contribution >= 4 is 11.9 Å². The molecule has 2 fully saturated rings. The van der Waals surface area contributed by atoms with E-state index in [9.17, 15) is 36.6 Å². The highest BCUT2D eigenvalue weighted by Crippen LogP contribution is 2.59. The van der Waals surface area contributed by atoms with Gasteiger partial charge in [0.25, 0.3) is 0 Å². The van der Waals surface area contributed by atoms with E-state index >= 15 is 0 Å². The van der Waals surface area contributed by atoms with Gasteiger partial charge in [-0.05, 0) is 19.8 Å². The van der Waals surface area contributed by atoms with Gasteiger partial charge in [0.2, 0.25) is 5.91 Å². The van der Waals surface area contributed by atoms with Gasteiger partial charge in [0, 0.05) is 13.0 Å². The van der Waals surface area contributed by atoms with E-state index in [1.54, 1.807) is 0 Å². The fourth-order valence-electron chi connectivity index (χ4n) is 2.68. The normalized spacial score (nSPS) is 27.0. The third-order valence-corrected chi connectivity index (χ3v) is 4.35. The lowest BCUT2D eigenvalue weighted by Crippen LogP contribution is -2.56. The smallest absolute Gasteiger partial charge is 0.403 e. The van der Waals surface area contributed by atoms with E-state index in [1.807, 2.05) is 0 Å². The molecule has 1 aliphatic heterocycles. The first-order valence-electron chi connectivity index (χ1n) is 7.05. The summed E-state index contributed by atoms with van der Waals surface area (Å²) in [4.78, 5) is 23.9. The number of alkyl halides is 5. The van der Waals surface area contributed by atoms with E-state index in [-0.39, 0.29) is 6.61 Å². The summed E-state index contributed by atoms with van der Waals surface area (Å²) in [6, 6.07) is 0. The van der Waals surface area contributed by atoms with Gasteiger partial charge in [0.1, 0.15) is 5.41 Å². The summed E-state index contributed by atoms with van der Waals surface area (Å²) in [5.74, 6) is -7.61. The molecule has 2 rings (SSSR count). The zero-order chi connectivity index (χ0) is 17.7. The van der Waals surface area contributed by atoms with E-state index < -0.39 is 67.3 Å². The van der Waals surface area contributed by atoms with Gasteiger partial charge in [-0.15, -0.1) is 0 Å². The first-order chi connectivity index (χ1) is 10.4. The number of nitrogens with zero attached hydrogens (tertiary/aromatic N) is 1. The molecular formula is C13H16F5NO4. The van der Waals surface area contributed by atoms with E-state index in [2.05, 4.69) is 4.74 Å². The van der Waals surface area contributed by atoms with E-state index in [1.165, 1.54) is 6.92 Å². The van der Waals surface area contributed by atoms with Crippen LogP contribution in [0.3, 0.4) is 0 Å². The summed E-state index contributed by atoms with van der Waals surface area (Å²) in [5.41, 5.74) is -5.48. The molecular weight excluding hydrogens is 329 g/mol. The van der Waals surface area contributed by atoms with Gasteiger partial charge < -0.3 is 14.7 Å². The Balaban J connectivity index is 2.14. The van der Waals surface area contributed by atoms with Crippen molar-refractivity contribution in [2.45, 2.75) is 43.9 Å². The maximum atomic E-state index is 14.0. The number of hydrogen-bond donors (Lipinski definition) is 1. The number of carbonyl (C=O) groups is 2. The number of hydrogen-bond acceptors (Lipinski definition) is 4. The minimum absolute atomic E-state index is 0.343. The first kappa shape index (κ1) is 17.9. The topological polar surface area (TPSA) is 66.8 Å². The molecule has 0 bridgehead atoms. The summed E-state index contributed by atoms with van der Waals surface area (Å²) in [5, 5.41) is 10.00. The number of carbonyl (C=O) groups excluding carboxylic acids is 2. The van der Waals surface area contributed by atoms with Crippen LogP contribution in [0.2, 0.25) is 0 Å². The average molecular weight is 345 g/mol. The third-order valence-electron chi connectivity index (χ3n) is 4.35. The quantitative estimate of drug-likeness (QED) is 0.619. The summed E-state index contributed by atoms with van der Waals surface area (Å²) in [7, 11) is 0. The lowest BCUT2D eigenvalue weighted by atomic mass is 9.94. The first-order valence-corrected chi connectivity index (χ1v) is 7.05. The molecule has 2 aliphatic rings. The zero-order valence-electron chi connectivity index (χ0n) is 12.3. The highest BCUT2D eigenvalue weighted by Gasteiger charge is 2.71. The van der Waals surface area contributed by atoms with Crippen molar-refractivity contribution in [2.75, 3.05) is 19.7 Å². The Bertz CT molecular complexity index is 517. The van der Waals surface area contributed by atoms with Crippen molar-refractivity contribution in [2.24, 2.45) is 5.41 Å². The van der Waals surface area contributed by atoms with E-state index in [0.717, 1.165) is 0 Å². The van der Waals surface area contributed by atoms with Crippen LogP contribution in [-0.4, -0.2) is 59.3 Å². The van der Waals surface area contributed by atoms with Crippen LogP contribution >= 0.6 is 0 Å². The number of likely N-dealkylation sites (tertiary alicyclic amines) is 1. The minimum atomic E-state index is -4.77. The number of aliphatic hydroxyl groups is 1. The van der Waals surface area contributed by atoms with Gasteiger partial charge in [-0.3, -0.25) is 4.79 Å². The maximum absolute atomic E-state index is 14.0. The molecule has 23 heavy (non-hydrogen) atoms.